The molecular formula is C10H23NO6. The number of aliphatic hydroxyl groups is 4. The minimum atomic E-state index is -0.954. The van der Waals surface area contributed by atoms with E-state index in [9.17, 15) is 4.79 Å². The van der Waals surface area contributed by atoms with Gasteiger partial charge in [-0.3, -0.25) is 4.79 Å². The largest absolute Gasteiger partial charge is 0.480 e. The standard InChI is InChI=1S/C7H15NO3.C3H8O3/c1-2-4-8-6(3-5-9)7(10)11;4-1-3(6)2-5/h6,8-9H,2-5H2,1H3,(H,10,11);3-6H,1-2H2. The van der Waals surface area contributed by atoms with E-state index < -0.39 is 18.1 Å². The van der Waals surface area contributed by atoms with Crippen molar-refractivity contribution in [3.63, 3.8) is 0 Å². The van der Waals surface area contributed by atoms with Gasteiger partial charge in [0.15, 0.2) is 0 Å². The summed E-state index contributed by atoms with van der Waals surface area (Å²) in [5.41, 5.74) is 0. The second-order valence-electron chi connectivity index (χ2n) is 3.38. The number of carboxylic acids is 1. The molecule has 0 saturated heterocycles. The lowest BCUT2D eigenvalue weighted by atomic mass is 10.2. The molecule has 0 fully saturated rings. The average Bonchev–Trinajstić information content (AvgIpc) is 2.33. The molecule has 1 unspecified atom stereocenters. The molecule has 0 spiro atoms. The number of rotatable bonds is 8. The highest BCUT2D eigenvalue weighted by atomic mass is 16.4. The smallest absolute Gasteiger partial charge is 0.320 e. The van der Waals surface area contributed by atoms with Crippen LogP contribution in [-0.2, 0) is 4.79 Å². The van der Waals surface area contributed by atoms with Crippen LogP contribution in [0.15, 0.2) is 0 Å². The third-order valence-corrected chi connectivity index (χ3v) is 1.78. The fourth-order valence-corrected chi connectivity index (χ4v) is 0.818. The monoisotopic (exact) mass is 253 g/mol. The van der Waals surface area contributed by atoms with Crippen LogP contribution in [0.3, 0.4) is 0 Å². The second kappa shape index (κ2) is 13.3. The van der Waals surface area contributed by atoms with Crippen molar-refractivity contribution in [2.45, 2.75) is 31.9 Å². The Hall–Kier alpha value is -0.730. The summed E-state index contributed by atoms with van der Waals surface area (Å²) in [6, 6.07) is -0.597. The summed E-state index contributed by atoms with van der Waals surface area (Å²) >= 11 is 0. The Morgan fingerprint density at radius 3 is 2.00 bits per heavy atom. The molecule has 7 heteroatoms. The van der Waals surface area contributed by atoms with E-state index in [0.717, 1.165) is 6.42 Å². The number of carbonyl (C=O) groups is 1. The molecule has 0 aromatic heterocycles. The molecule has 6 N–H and O–H groups in total. The number of aliphatic carboxylic acids is 1. The van der Waals surface area contributed by atoms with Crippen LogP contribution in [0.4, 0.5) is 0 Å². The number of hydrogen-bond donors (Lipinski definition) is 6. The number of aliphatic hydroxyl groups excluding tert-OH is 4. The first-order chi connectivity index (χ1) is 8.03. The van der Waals surface area contributed by atoms with Crippen molar-refractivity contribution in [3.05, 3.63) is 0 Å². The Morgan fingerprint density at radius 2 is 1.76 bits per heavy atom. The van der Waals surface area contributed by atoms with E-state index in [-0.39, 0.29) is 26.2 Å². The summed E-state index contributed by atoms with van der Waals surface area (Å²) in [5.74, 6) is -0.896. The average molecular weight is 253 g/mol. The zero-order valence-electron chi connectivity index (χ0n) is 10.0. The summed E-state index contributed by atoms with van der Waals surface area (Å²) < 4.78 is 0. The molecule has 104 valence electrons. The maximum atomic E-state index is 10.4. The van der Waals surface area contributed by atoms with Gasteiger partial charge in [-0.25, -0.2) is 0 Å². The first kappa shape index (κ1) is 18.6. The summed E-state index contributed by atoms with van der Waals surface area (Å²) in [5, 5.41) is 43.9. The van der Waals surface area contributed by atoms with E-state index in [1.165, 1.54) is 0 Å². The third-order valence-electron chi connectivity index (χ3n) is 1.78. The highest BCUT2D eigenvalue weighted by Gasteiger charge is 2.14. The van der Waals surface area contributed by atoms with Gasteiger partial charge in [0.05, 0.1) is 13.2 Å². The highest BCUT2D eigenvalue weighted by Crippen LogP contribution is 1.90. The zero-order valence-corrected chi connectivity index (χ0v) is 10.0. The van der Waals surface area contributed by atoms with Crippen molar-refractivity contribution >= 4 is 5.97 Å². The summed E-state index contributed by atoms with van der Waals surface area (Å²) in [6.45, 7) is 1.82. The van der Waals surface area contributed by atoms with E-state index in [2.05, 4.69) is 5.32 Å². The van der Waals surface area contributed by atoms with Gasteiger partial charge in [-0.2, -0.15) is 0 Å². The maximum Gasteiger partial charge on any atom is 0.320 e. The van der Waals surface area contributed by atoms with E-state index in [1.54, 1.807) is 0 Å². The number of nitrogens with one attached hydrogen (secondary N) is 1. The molecule has 0 aliphatic heterocycles. The Labute approximate surface area is 101 Å². The molecular weight excluding hydrogens is 230 g/mol. The highest BCUT2D eigenvalue weighted by molar-refractivity contribution is 5.73. The maximum absolute atomic E-state index is 10.4. The molecule has 17 heavy (non-hydrogen) atoms. The van der Waals surface area contributed by atoms with Crippen molar-refractivity contribution in [1.82, 2.24) is 5.32 Å². The Bertz CT molecular complexity index is 174. The van der Waals surface area contributed by atoms with Gasteiger partial charge in [-0.05, 0) is 19.4 Å². The minimum Gasteiger partial charge on any atom is -0.480 e. The molecule has 7 nitrogen and oxygen atoms in total. The SMILES string of the molecule is CCCNC(CCO)C(=O)O.OCC(O)CO. The van der Waals surface area contributed by atoms with Gasteiger partial charge in [0.2, 0.25) is 0 Å². The molecule has 0 rings (SSSR count). The van der Waals surface area contributed by atoms with Crippen LogP contribution in [-0.4, -0.2) is 70.0 Å². The van der Waals surface area contributed by atoms with Crippen molar-refractivity contribution in [2.24, 2.45) is 0 Å². The fraction of sp³-hybridized carbons (Fsp3) is 0.900. The summed E-state index contributed by atoms with van der Waals surface area (Å²) in [4.78, 5) is 10.4. The first-order valence-electron chi connectivity index (χ1n) is 5.50. The molecule has 0 aliphatic carbocycles. The molecule has 0 saturated carbocycles. The van der Waals surface area contributed by atoms with Crippen LogP contribution in [0.25, 0.3) is 0 Å². The number of hydrogen-bond acceptors (Lipinski definition) is 6. The van der Waals surface area contributed by atoms with Gasteiger partial charge in [0, 0.05) is 6.61 Å². The summed E-state index contributed by atoms with van der Waals surface area (Å²) in [7, 11) is 0. The van der Waals surface area contributed by atoms with Crippen LogP contribution < -0.4 is 5.32 Å². The topological polar surface area (TPSA) is 130 Å². The van der Waals surface area contributed by atoms with Gasteiger partial charge in [-0.1, -0.05) is 6.92 Å². The van der Waals surface area contributed by atoms with Gasteiger partial charge < -0.3 is 30.8 Å². The molecule has 0 aliphatic rings. The zero-order chi connectivity index (χ0) is 13.7. The van der Waals surface area contributed by atoms with E-state index in [4.69, 9.17) is 25.5 Å². The normalized spacial score (nSPS) is 11.9. The van der Waals surface area contributed by atoms with Crippen molar-refractivity contribution in [2.75, 3.05) is 26.4 Å². The van der Waals surface area contributed by atoms with Gasteiger partial charge in [-0.15, -0.1) is 0 Å². The molecule has 0 aromatic carbocycles. The van der Waals surface area contributed by atoms with E-state index in [0.29, 0.717) is 6.54 Å². The molecule has 1 atom stereocenters. The van der Waals surface area contributed by atoms with Crippen LogP contribution in [0.5, 0.6) is 0 Å². The fourth-order valence-electron chi connectivity index (χ4n) is 0.818. The van der Waals surface area contributed by atoms with Crippen LogP contribution in [0.1, 0.15) is 19.8 Å². The predicted octanol–water partition coefficient (Wildman–Crippen LogP) is -1.85. The van der Waals surface area contributed by atoms with Crippen LogP contribution in [0.2, 0.25) is 0 Å². The first-order valence-corrected chi connectivity index (χ1v) is 5.50. The molecule has 0 aromatic rings. The quantitative estimate of drug-likeness (QED) is 0.299. The predicted molar refractivity (Wildman–Crippen MR) is 61.6 cm³/mol. The van der Waals surface area contributed by atoms with Crippen LogP contribution in [0, 0.1) is 0 Å². The lowest BCUT2D eigenvalue weighted by Crippen LogP contribution is -2.37. The van der Waals surface area contributed by atoms with Crippen LogP contribution >= 0.6 is 0 Å². The summed E-state index contributed by atoms with van der Waals surface area (Å²) in [6.07, 6.45) is 0.217. The van der Waals surface area contributed by atoms with Crippen molar-refractivity contribution in [3.8, 4) is 0 Å². The Morgan fingerprint density at radius 1 is 1.24 bits per heavy atom. The third kappa shape index (κ3) is 13.2. The number of carboxylic acid groups (broad SMARTS) is 1. The van der Waals surface area contributed by atoms with Gasteiger partial charge in [0.1, 0.15) is 12.1 Å². The van der Waals surface area contributed by atoms with Crippen molar-refractivity contribution in [1.29, 1.82) is 0 Å². The lowest BCUT2D eigenvalue weighted by molar-refractivity contribution is -0.139. The van der Waals surface area contributed by atoms with Gasteiger partial charge >= 0.3 is 5.97 Å². The van der Waals surface area contributed by atoms with E-state index in [1.807, 2.05) is 6.92 Å². The van der Waals surface area contributed by atoms with E-state index >= 15 is 0 Å². The van der Waals surface area contributed by atoms with Crippen molar-refractivity contribution < 1.29 is 30.3 Å². The molecule has 0 radical (unpaired) electrons. The molecule has 0 amide bonds. The Balaban J connectivity index is 0. The molecule has 0 bridgehead atoms. The Kier molecular flexibility index (Phi) is 14.6. The minimum absolute atomic E-state index is 0.0896. The molecule has 0 heterocycles. The van der Waals surface area contributed by atoms with Gasteiger partial charge in [0.25, 0.3) is 0 Å². The lowest BCUT2D eigenvalue weighted by Gasteiger charge is -2.11. The second-order valence-corrected chi connectivity index (χ2v) is 3.38.